The molecule has 0 spiro atoms. The van der Waals surface area contributed by atoms with E-state index in [1.54, 1.807) is 50.1 Å². The van der Waals surface area contributed by atoms with E-state index in [-0.39, 0.29) is 28.7 Å². The lowest BCUT2D eigenvalue weighted by Crippen LogP contribution is -2.35. The number of rotatable bonds is 4. The summed E-state index contributed by atoms with van der Waals surface area (Å²) in [6.07, 6.45) is 2.45. The van der Waals surface area contributed by atoms with Crippen molar-refractivity contribution in [3.05, 3.63) is 41.4 Å². The van der Waals surface area contributed by atoms with Crippen LogP contribution >= 0.6 is 0 Å². The van der Waals surface area contributed by atoms with E-state index in [0.717, 1.165) is 0 Å². The summed E-state index contributed by atoms with van der Waals surface area (Å²) in [6.45, 7) is 3.05. The summed E-state index contributed by atoms with van der Waals surface area (Å²) in [5.74, 6) is -0.596. The number of carbonyl (C=O) groups is 2. The third-order valence-corrected chi connectivity index (χ3v) is 3.29. The van der Waals surface area contributed by atoms with Crippen LogP contribution in [0.15, 0.2) is 28.9 Å². The van der Waals surface area contributed by atoms with Crippen LogP contribution in [0.4, 0.5) is 0 Å². The number of carbonyl (C=O) groups excluding carboxylic acids is 2. The minimum Gasteiger partial charge on any atom is -0.449 e. The Kier molecular flexibility index (Phi) is 4.55. The molecule has 7 nitrogen and oxygen atoms in total. The van der Waals surface area contributed by atoms with Crippen molar-refractivity contribution in [1.82, 2.24) is 9.47 Å². The number of hydrogen-bond donors (Lipinski definition) is 0. The molecule has 0 N–H and O–H groups in total. The van der Waals surface area contributed by atoms with E-state index < -0.39 is 12.1 Å². The van der Waals surface area contributed by atoms with E-state index in [2.05, 4.69) is 0 Å². The maximum atomic E-state index is 12.4. The summed E-state index contributed by atoms with van der Waals surface area (Å²) in [6, 6.07) is 5.51. The van der Waals surface area contributed by atoms with Crippen LogP contribution in [0.3, 0.4) is 0 Å². The SMILES string of the molecule is Cc1oc(-n2cccc2)c(C#N)c1C(=O)O[C@H](C)C(=O)N(C)C. The molecule has 1 atom stereocenters. The predicted molar refractivity (Wildman–Crippen MR) is 81.1 cm³/mol. The first-order chi connectivity index (χ1) is 10.9. The molecule has 7 heteroatoms. The summed E-state index contributed by atoms with van der Waals surface area (Å²) >= 11 is 0. The number of furan rings is 1. The van der Waals surface area contributed by atoms with Crippen LogP contribution in [0.5, 0.6) is 0 Å². The van der Waals surface area contributed by atoms with E-state index >= 15 is 0 Å². The quantitative estimate of drug-likeness (QED) is 0.804. The Balaban J connectivity index is 2.35. The molecular formula is C16H17N3O4. The lowest BCUT2D eigenvalue weighted by Gasteiger charge is -2.17. The average Bonchev–Trinajstić information content (AvgIpc) is 3.12. The topological polar surface area (TPSA) is 88.5 Å². The second-order valence-corrected chi connectivity index (χ2v) is 5.20. The maximum absolute atomic E-state index is 12.4. The van der Waals surface area contributed by atoms with Crippen LogP contribution in [0, 0.1) is 18.3 Å². The zero-order chi connectivity index (χ0) is 17.1. The number of hydrogen-bond acceptors (Lipinski definition) is 5. The van der Waals surface area contributed by atoms with Gasteiger partial charge in [0.1, 0.15) is 23.0 Å². The zero-order valence-corrected chi connectivity index (χ0v) is 13.4. The third kappa shape index (κ3) is 3.11. The molecule has 0 aliphatic carbocycles. The first-order valence-electron chi connectivity index (χ1n) is 6.95. The first kappa shape index (κ1) is 16.4. The number of esters is 1. The first-order valence-corrected chi connectivity index (χ1v) is 6.95. The molecule has 0 unspecified atom stereocenters. The van der Waals surface area contributed by atoms with Gasteiger partial charge in [0, 0.05) is 26.5 Å². The number of nitriles is 1. The highest BCUT2D eigenvalue weighted by Gasteiger charge is 2.28. The van der Waals surface area contributed by atoms with Crippen molar-refractivity contribution in [3.63, 3.8) is 0 Å². The van der Waals surface area contributed by atoms with Crippen LogP contribution in [0.1, 0.15) is 28.6 Å². The molecule has 120 valence electrons. The Morgan fingerprint density at radius 3 is 2.48 bits per heavy atom. The van der Waals surface area contributed by atoms with Gasteiger partial charge < -0.3 is 14.1 Å². The van der Waals surface area contributed by atoms with Gasteiger partial charge in [0.15, 0.2) is 6.10 Å². The van der Waals surface area contributed by atoms with Crippen molar-refractivity contribution in [2.75, 3.05) is 14.1 Å². The number of aromatic nitrogens is 1. The molecular weight excluding hydrogens is 298 g/mol. The number of aryl methyl sites for hydroxylation is 1. The molecule has 2 aromatic rings. The minimum atomic E-state index is -0.951. The van der Waals surface area contributed by atoms with Gasteiger partial charge in [-0.1, -0.05) is 0 Å². The Bertz CT molecular complexity index is 766. The normalized spacial score (nSPS) is 11.6. The average molecular weight is 315 g/mol. The Morgan fingerprint density at radius 1 is 1.35 bits per heavy atom. The van der Waals surface area contributed by atoms with E-state index in [1.807, 2.05) is 6.07 Å². The fourth-order valence-corrected chi connectivity index (χ4v) is 2.16. The van der Waals surface area contributed by atoms with Crippen molar-refractivity contribution < 1.29 is 18.7 Å². The van der Waals surface area contributed by atoms with Gasteiger partial charge in [-0.05, 0) is 26.0 Å². The van der Waals surface area contributed by atoms with E-state index in [9.17, 15) is 14.9 Å². The molecule has 23 heavy (non-hydrogen) atoms. The van der Waals surface area contributed by atoms with Gasteiger partial charge in [-0.3, -0.25) is 9.36 Å². The fraction of sp³-hybridized carbons (Fsp3) is 0.312. The van der Waals surface area contributed by atoms with Crippen molar-refractivity contribution in [3.8, 4) is 12.0 Å². The molecule has 0 saturated heterocycles. The highest BCUT2D eigenvalue weighted by molar-refractivity contribution is 5.96. The second kappa shape index (κ2) is 6.40. The van der Waals surface area contributed by atoms with Crippen molar-refractivity contribution >= 4 is 11.9 Å². The molecule has 2 aromatic heterocycles. The fourth-order valence-electron chi connectivity index (χ4n) is 2.16. The lowest BCUT2D eigenvalue weighted by atomic mass is 10.1. The van der Waals surface area contributed by atoms with Gasteiger partial charge in [-0.25, -0.2) is 4.79 Å². The van der Waals surface area contributed by atoms with Crippen molar-refractivity contribution in [2.24, 2.45) is 0 Å². The van der Waals surface area contributed by atoms with Gasteiger partial charge in [-0.2, -0.15) is 5.26 Å². The van der Waals surface area contributed by atoms with Gasteiger partial charge in [0.05, 0.1) is 0 Å². The standard InChI is InChI=1S/C16H17N3O4/c1-10-13(16(21)23-11(2)14(20)18(3)4)12(9-17)15(22-10)19-7-5-6-8-19/h5-8,11H,1-4H3/t11-/m1/s1. The Hall–Kier alpha value is -3.01. The second-order valence-electron chi connectivity index (χ2n) is 5.20. The Labute approximate surface area is 133 Å². The molecule has 2 heterocycles. The summed E-state index contributed by atoms with van der Waals surface area (Å²) in [4.78, 5) is 25.5. The van der Waals surface area contributed by atoms with Crippen LogP contribution in [-0.4, -0.2) is 41.5 Å². The highest BCUT2D eigenvalue weighted by Crippen LogP contribution is 2.26. The Morgan fingerprint density at radius 2 is 1.96 bits per heavy atom. The van der Waals surface area contributed by atoms with E-state index in [0.29, 0.717) is 0 Å². The number of nitrogens with zero attached hydrogens (tertiary/aromatic N) is 3. The van der Waals surface area contributed by atoms with Gasteiger partial charge in [-0.15, -0.1) is 0 Å². The zero-order valence-electron chi connectivity index (χ0n) is 13.4. The van der Waals surface area contributed by atoms with Crippen LogP contribution in [-0.2, 0) is 9.53 Å². The van der Waals surface area contributed by atoms with Gasteiger partial charge in [0.2, 0.25) is 5.88 Å². The molecule has 0 aliphatic heterocycles. The van der Waals surface area contributed by atoms with Gasteiger partial charge >= 0.3 is 5.97 Å². The van der Waals surface area contributed by atoms with Crippen LogP contribution in [0.25, 0.3) is 5.88 Å². The van der Waals surface area contributed by atoms with E-state index in [1.165, 1.54) is 11.8 Å². The summed E-state index contributed by atoms with van der Waals surface area (Å²) in [5, 5.41) is 9.39. The number of ether oxygens (including phenoxy) is 1. The molecule has 0 bridgehead atoms. The number of amides is 1. The molecule has 2 rings (SSSR count). The van der Waals surface area contributed by atoms with Crippen molar-refractivity contribution in [1.29, 1.82) is 5.26 Å². The molecule has 0 aromatic carbocycles. The van der Waals surface area contributed by atoms with E-state index in [4.69, 9.17) is 9.15 Å². The van der Waals surface area contributed by atoms with Crippen molar-refractivity contribution in [2.45, 2.75) is 20.0 Å². The lowest BCUT2D eigenvalue weighted by molar-refractivity contribution is -0.137. The summed E-state index contributed by atoms with van der Waals surface area (Å²) in [5.41, 5.74) is 0.114. The summed E-state index contributed by atoms with van der Waals surface area (Å²) in [7, 11) is 3.14. The highest BCUT2D eigenvalue weighted by atomic mass is 16.5. The molecule has 1 amide bonds. The largest absolute Gasteiger partial charge is 0.449 e. The van der Waals surface area contributed by atoms with Gasteiger partial charge in [0.25, 0.3) is 5.91 Å². The third-order valence-electron chi connectivity index (χ3n) is 3.29. The molecule has 0 fully saturated rings. The molecule has 0 saturated carbocycles. The smallest absolute Gasteiger partial charge is 0.343 e. The predicted octanol–water partition coefficient (Wildman–Crippen LogP) is 1.88. The van der Waals surface area contributed by atoms with Crippen LogP contribution in [0.2, 0.25) is 0 Å². The maximum Gasteiger partial charge on any atom is 0.343 e. The summed E-state index contributed by atoms with van der Waals surface area (Å²) < 4.78 is 12.3. The minimum absolute atomic E-state index is 0.0367. The van der Waals surface area contributed by atoms with Crippen LogP contribution < -0.4 is 0 Å². The molecule has 0 aliphatic rings. The number of likely N-dealkylation sites (N-methyl/N-ethyl adjacent to an activating group) is 1. The monoisotopic (exact) mass is 315 g/mol. The molecule has 0 radical (unpaired) electrons.